The monoisotopic (exact) mass is 426 g/mol. The predicted octanol–water partition coefficient (Wildman–Crippen LogP) is 4.81. The lowest BCUT2D eigenvalue weighted by molar-refractivity contribution is -0.137. The molecule has 0 aliphatic rings. The third-order valence-electron chi connectivity index (χ3n) is 4.75. The molecule has 0 saturated heterocycles. The predicted molar refractivity (Wildman–Crippen MR) is 112 cm³/mol. The van der Waals surface area contributed by atoms with Crippen molar-refractivity contribution in [1.29, 1.82) is 0 Å². The van der Waals surface area contributed by atoms with E-state index in [0.717, 1.165) is 17.7 Å². The second-order valence-corrected chi connectivity index (χ2v) is 7.02. The fourth-order valence-electron chi connectivity index (χ4n) is 3.05. The third-order valence-corrected chi connectivity index (χ3v) is 4.75. The van der Waals surface area contributed by atoms with Crippen LogP contribution in [0.25, 0.3) is 11.1 Å². The van der Waals surface area contributed by atoms with Gasteiger partial charge in [-0.3, -0.25) is 9.59 Å². The lowest BCUT2D eigenvalue weighted by Gasteiger charge is -2.16. The van der Waals surface area contributed by atoms with E-state index in [9.17, 15) is 22.8 Å². The lowest BCUT2D eigenvalue weighted by Crippen LogP contribution is -2.44. The number of carbonyl (C=O) groups excluding carboxylic acids is 2. The van der Waals surface area contributed by atoms with Crippen LogP contribution >= 0.6 is 0 Å². The molecule has 1 unspecified atom stereocenters. The maximum absolute atomic E-state index is 12.8. The van der Waals surface area contributed by atoms with Gasteiger partial charge in [0, 0.05) is 12.1 Å². The van der Waals surface area contributed by atoms with Crippen molar-refractivity contribution >= 4 is 11.8 Å². The fourth-order valence-corrected chi connectivity index (χ4v) is 3.05. The molecule has 4 nitrogen and oxygen atoms in total. The highest BCUT2D eigenvalue weighted by Crippen LogP contribution is 2.31. The van der Waals surface area contributed by atoms with Gasteiger partial charge in [-0.2, -0.15) is 13.2 Å². The molecule has 0 aromatic heterocycles. The van der Waals surface area contributed by atoms with Crippen molar-refractivity contribution in [2.75, 3.05) is 0 Å². The standard InChI is InChI=1S/C24H21F3N2O2/c1-16(22(30)28-15-17-7-3-2-4-8-17)29-23(31)21-10-6-5-9-20(21)18-11-13-19(14-12-18)24(25,26)27/h2-14,16H,15H2,1H3,(H,28,30)(H,29,31). The Morgan fingerprint density at radius 2 is 1.48 bits per heavy atom. The summed E-state index contributed by atoms with van der Waals surface area (Å²) in [5.41, 5.74) is 1.39. The maximum atomic E-state index is 12.8. The van der Waals surface area contributed by atoms with Crippen molar-refractivity contribution in [2.24, 2.45) is 0 Å². The Morgan fingerprint density at radius 3 is 2.13 bits per heavy atom. The quantitative estimate of drug-likeness (QED) is 0.595. The van der Waals surface area contributed by atoms with E-state index < -0.39 is 23.7 Å². The summed E-state index contributed by atoms with van der Waals surface area (Å²) in [6, 6.07) is 19.7. The van der Waals surface area contributed by atoms with Gasteiger partial charge in [0.15, 0.2) is 0 Å². The molecular weight excluding hydrogens is 405 g/mol. The molecule has 0 aliphatic carbocycles. The van der Waals surface area contributed by atoms with Crippen LogP contribution in [0.3, 0.4) is 0 Å². The summed E-state index contributed by atoms with van der Waals surface area (Å²) in [6.45, 7) is 1.90. The summed E-state index contributed by atoms with van der Waals surface area (Å²) in [4.78, 5) is 25.1. The van der Waals surface area contributed by atoms with Gasteiger partial charge in [0.1, 0.15) is 6.04 Å². The van der Waals surface area contributed by atoms with Crippen LogP contribution in [0.2, 0.25) is 0 Å². The van der Waals surface area contributed by atoms with Gasteiger partial charge < -0.3 is 10.6 Å². The molecule has 2 amide bonds. The Balaban J connectivity index is 1.70. The minimum atomic E-state index is -4.43. The van der Waals surface area contributed by atoms with E-state index in [4.69, 9.17) is 0 Å². The first kappa shape index (κ1) is 22.1. The second-order valence-electron chi connectivity index (χ2n) is 7.02. The van der Waals surface area contributed by atoms with Crippen LogP contribution in [-0.4, -0.2) is 17.9 Å². The average molecular weight is 426 g/mol. The molecule has 0 aliphatic heterocycles. The van der Waals surface area contributed by atoms with Gasteiger partial charge in [-0.1, -0.05) is 60.7 Å². The van der Waals surface area contributed by atoms with Crippen LogP contribution in [0, 0.1) is 0 Å². The lowest BCUT2D eigenvalue weighted by atomic mass is 9.98. The van der Waals surface area contributed by atoms with E-state index in [1.807, 2.05) is 30.3 Å². The molecule has 3 aromatic carbocycles. The smallest absolute Gasteiger partial charge is 0.350 e. The Kier molecular flexibility index (Phi) is 6.74. The van der Waals surface area contributed by atoms with E-state index in [-0.39, 0.29) is 11.5 Å². The molecule has 0 spiro atoms. The number of halogens is 3. The highest BCUT2D eigenvalue weighted by molar-refractivity contribution is 6.02. The van der Waals surface area contributed by atoms with Crippen molar-refractivity contribution in [2.45, 2.75) is 25.7 Å². The number of carbonyl (C=O) groups is 2. The molecule has 0 heterocycles. The van der Waals surface area contributed by atoms with Gasteiger partial charge in [0.05, 0.1) is 5.56 Å². The molecule has 7 heteroatoms. The molecule has 160 valence electrons. The van der Waals surface area contributed by atoms with Gasteiger partial charge in [0.25, 0.3) is 5.91 Å². The van der Waals surface area contributed by atoms with Crippen molar-refractivity contribution < 1.29 is 22.8 Å². The van der Waals surface area contributed by atoms with Gasteiger partial charge in [-0.05, 0) is 41.8 Å². The van der Waals surface area contributed by atoms with Crippen LogP contribution in [0.1, 0.15) is 28.4 Å². The summed E-state index contributed by atoms with van der Waals surface area (Å²) in [5.74, 6) is -0.831. The molecule has 2 N–H and O–H groups in total. The number of hydrogen-bond donors (Lipinski definition) is 2. The molecule has 3 rings (SSSR count). The molecule has 3 aromatic rings. The minimum Gasteiger partial charge on any atom is -0.350 e. The number of amides is 2. The van der Waals surface area contributed by atoms with Crippen molar-refractivity contribution in [3.05, 3.63) is 95.6 Å². The third kappa shape index (κ3) is 5.72. The number of rotatable bonds is 6. The zero-order valence-electron chi connectivity index (χ0n) is 16.7. The van der Waals surface area contributed by atoms with Gasteiger partial charge >= 0.3 is 6.18 Å². The van der Waals surface area contributed by atoms with Crippen molar-refractivity contribution in [3.63, 3.8) is 0 Å². The molecule has 0 saturated carbocycles. The van der Waals surface area contributed by atoms with E-state index >= 15 is 0 Å². The largest absolute Gasteiger partial charge is 0.416 e. The minimum absolute atomic E-state index is 0.268. The summed E-state index contributed by atoms with van der Waals surface area (Å²) in [6.07, 6.45) is -4.43. The van der Waals surface area contributed by atoms with Gasteiger partial charge in [-0.25, -0.2) is 0 Å². The molecular formula is C24H21F3N2O2. The van der Waals surface area contributed by atoms with Crippen LogP contribution in [-0.2, 0) is 17.5 Å². The molecule has 31 heavy (non-hydrogen) atoms. The van der Waals surface area contributed by atoms with Gasteiger partial charge in [-0.15, -0.1) is 0 Å². The summed E-state index contributed by atoms with van der Waals surface area (Å²) < 4.78 is 38.5. The SMILES string of the molecule is CC(NC(=O)c1ccccc1-c1ccc(C(F)(F)F)cc1)C(=O)NCc1ccccc1. The van der Waals surface area contributed by atoms with Crippen LogP contribution in [0.15, 0.2) is 78.9 Å². The molecule has 0 bridgehead atoms. The Hall–Kier alpha value is -3.61. The zero-order valence-corrected chi connectivity index (χ0v) is 16.7. The molecule has 0 fully saturated rings. The second kappa shape index (κ2) is 9.47. The number of benzene rings is 3. The zero-order chi connectivity index (χ0) is 22.4. The fraction of sp³-hybridized carbons (Fsp3) is 0.167. The number of nitrogens with one attached hydrogen (secondary N) is 2. The van der Waals surface area contributed by atoms with Crippen LogP contribution in [0.5, 0.6) is 0 Å². The average Bonchev–Trinajstić information content (AvgIpc) is 2.77. The van der Waals surface area contributed by atoms with Gasteiger partial charge in [0.2, 0.25) is 5.91 Å². The normalized spacial score (nSPS) is 12.1. The Labute approximate surface area is 178 Å². The van der Waals surface area contributed by atoms with Crippen LogP contribution in [0.4, 0.5) is 13.2 Å². The van der Waals surface area contributed by atoms with E-state index in [0.29, 0.717) is 17.7 Å². The maximum Gasteiger partial charge on any atom is 0.416 e. The van der Waals surface area contributed by atoms with E-state index in [1.54, 1.807) is 31.2 Å². The number of hydrogen-bond acceptors (Lipinski definition) is 2. The topological polar surface area (TPSA) is 58.2 Å². The van der Waals surface area contributed by atoms with Crippen LogP contribution < -0.4 is 10.6 Å². The van der Waals surface area contributed by atoms with Crippen molar-refractivity contribution in [1.82, 2.24) is 10.6 Å². The Morgan fingerprint density at radius 1 is 0.871 bits per heavy atom. The summed E-state index contributed by atoms with van der Waals surface area (Å²) >= 11 is 0. The van der Waals surface area contributed by atoms with Crippen molar-refractivity contribution in [3.8, 4) is 11.1 Å². The van der Waals surface area contributed by atoms with E-state index in [1.165, 1.54) is 12.1 Å². The first-order valence-corrected chi connectivity index (χ1v) is 9.65. The Bertz CT molecular complexity index is 1050. The molecule has 0 radical (unpaired) electrons. The highest BCUT2D eigenvalue weighted by Gasteiger charge is 2.30. The first-order valence-electron chi connectivity index (χ1n) is 9.65. The highest BCUT2D eigenvalue weighted by atomic mass is 19.4. The number of alkyl halides is 3. The van der Waals surface area contributed by atoms with E-state index in [2.05, 4.69) is 10.6 Å². The summed E-state index contributed by atoms with van der Waals surface area (Å²) in [7, 11) is 0. The molecule has 1 atom stereocenters. The first-order chi connectivity index (χ1) is 14.8. The summed E-state index contributed by atoms with van der Waals surface area (Å²) in [5, 5.41) is 5.41.